The first-order valence-electron chi connectivity index (χ1n) is 11.1. The van der Waals surface area contributed by atoms with Crippen molar-refractivity contribution in [1.82, 2.24) is 5.32 Å². The van der Waals surface area contributed by atoms with E-state index in [1.165, 1.54) is 12.3 Å². The van der Waals surface area contributed by atoms with Crippen LogP contribution in [-0.2, 0) is 10.0 Å². The number of rotatable bonds is 7. The number of nitrogens with one attached hydrogen (secondary N) is 1. The number of nitrogens with two attached hydrogens (primary N) is 2. The van der Waals surface area contributed by atoms with Gasteiger partial charge in [0.15, 0.2) is 0 Å². The highest BCUT2D eigenvalue weighted by atomic mass is 32.2. The molecule has 0 saturated carbocycles. The van der Waals surface area contributed by atoms with Gasteiger partial charge < -0.3 is 11.1 Å². The van der Waals surface area contributed by atoms with Crippen molar-refractivity contribution in [2.24, 2.45) is 10.9 Å². The zero-order valence-corrected chi connectivity index (χ0v) is 21.8. The molecule has 0 saturated heterocycles. The van der Waals surface area contributed by atoms with Crippen molar-refractivity contribution in [2.75, 3.05) is 7.05 Å². The molecule has 2 rings (SSSR count). The Bertz CT molecular complexity index is 1110. The van der Waals surface area contributed by atoms with Gasteiger partial charge in [-0.15, -0.1) is 0 Å². The van der Waals surface area contributed by atoms with Crippen LogP contribution >= 0.6 is 0 Å². The predicted molar refractivity (Wildman–Crippen MR) is 145 cm³/mol. The highest BCUT2D eigenvalue weighted by molar-refractivity contribution is 7.89. The lowest BCUT2D eigenvalue weighted by Gasteiger charge is -2.14. The van der Waals surface area contributed by atoms with E-state index >= 15 is 0 Å². The van der Waals surface area contributed by atoms with E-state index in [2.05, 4.69) is 11.9 Å². The van der Waals surface area contributed by atoms with Crippen LogP contribution in [0.1, 0.15) is 56.9 Å². The zero-order valence-electron chi connectivity index (χ0n) is 20.9. The van der Waals surface area contributed by atoms with Gasteiger partial charge in [0.1, 0.15) is 0 Å². The first-order chi connectivity index (χ1) is 15.7. The molecule has 0 bridgehead atoms. The molecule has 0 unspecified atom stereocenters. The Morgan fingerprint density at radius 1 is 1.06 bits per heavy atom. The van der Waals surface area contributed by atoms with Crippen molar-refractivity contribution in [3.05, 3.63) is 95.2 Å². The van der Waals surface area contributed by atoms with Crippen LogP contribution in [0.25, 0.3) is 17.3 Å². The highest BCUT2D eigenvalue weighted by Gasteiger charge is 2.12. The molecule has 5 N–H and O–H groups in total. The van der Waals surface area contributed by atoms with E-state index in [9.17, 15) is 8.42 Å². The summed E-state index contributed by atoms with van der Waals surface area (Å²) in [4.78, 5) is 0.0625. The SMILES string of the molecule is C=Cc1c(C)cccc1C(/C=C\N)=C(C)\C=C(/NC)c1cccc(S(N)(=O)=O)c1.CC.CC. The Kier molecular flexibility index (Phi) is 13.5. The molecule has 0 fully saturated rings. The molecule has 0 atom stereocenters. The molecule has 0 amide bonds. The molecule has 2 aromatic carbocycles. The van der Waals surface area contributed by atoms with Crippen molar-refractivity contribution < 1.29 is 8.42 Å². The van der Waals surface area contributed by atoms with Gasteiger partial charge in [0.25, 0.3) is 0 Å². The Labute approximate surface area is 200 Å². The summed E-state index contributed by atoms with van der Waals surface area (Å²) in [6.07, 6.45) is 7.14. The minimum Gasteiger partial charge on any atom is -0.405 e. The lowest BCUT2D eigenvalue weighted by atomic mass is 9.92. The lowest BCUT2D eigenvalue weighted by molar-refractivity contribution is 0.598. The molecular weight excluding hydrogens is 430 g/mol. The van der Waals surface area contributed by atoms with Gasteiger partial charge in [-0.3, -0.25) is 0 Å². The van der Waals surface area contributed by atoms with E-state index < -0.39 is 10.0 Å². The molecular formula is C27H39N3O2S. The molecule has 0 heterocycles. The molecule has 33 heavy (non-hydrogen) atoms. The van der Waals surface area contributed by atoms with E-state index in [-0.39, 0.29) is 4.90 Å². The summed E-state index contributed by atoms with van der Waals surface area (Å²) in [6, 6.07) is 12.6. The van der Waals surface area contributed by atoms with Crippen molar-refractivity contribution >= 4 is 27.4 Å². The van der Waals surface area contributed by atoms with Gasteiger partial charge in [-0.05, 0) is 77.7 Å². The smallest absolute Gasteiger partial charge is 0.238 e. The van der Waals surface area contributed by atoms with Crippen molar-refractivity contribution in [1.29, 1.82) is 0 Å². The molecule has 0 aromatic heterocycles. The summed E-state index contributed by atoms with van der Waals surface area (Å²) in [6.45, 7) is 15.9. The number of hydrogen-bond donors (Lipinski definition) is 3. The summed E-state index contributed by atoms with van der Waals surface area (Å²) in [5.74, 6) is 0. The summed E-state index contributed by atoms with van der Waals surface area (Å²) in [5, 5.41) is 8.40. The van der Waals surface area contributed by atoms with Crippen LogP contribution in [-0.4, -0.2) is 15.5 Å². The fraction of sp³-hybridized carbons (Fsp3) is 0.259. The second-order valence-corrected chi connectivity index (χ2v) is 8.14. The Hall–Kier alpha value is -3.09. The summed E-state index contributed by atoms with van der Waals surface area (Å²) < 4.78 is 23.4. The third-order valence-electron chi connectivity index (χ3n) is 4.61. The van der Waals surface area contributed by atoms with Crippen molar-refractivity contribution in [3.8, 4) is 0 Å². The Morgan fingerprint density at radius 2 is 1.67 bits per heavy atom. The number of benzene rings is 2. The predicted octanol–water partition coefficient (Wildman–Crippen LogP) is 5.84. The molecule has 0 aliphatic heterocycles. The molecule has 2 aromatic rings. The van der Waals surface area contributed by atoms with Crippen LogP contribution in [0.2, 0.25) is 0 Å². The average Bonchev–Trinajstić information content (AvgIpc) is 2.82. The third-order valence-corrected chi connectivity index (χ3v) is 5.52. The molecule has 180 valence electrons. The second kappa shape index (κ2) is 14.9. The minimum atomic E-state index is -3.78. The van der Waals surface area contributed by atoms with Gasteiger partial charge in [0.2, 0.25) is 10.0 Å². The van der Waals surface area contributed by atoms with Crippen LogP contribution in [0.5, 0.6) is 0 Å². The molecule has 0 spiro atoms. The van der Waals surface area contributed by atoms with Gasteiger partial charge in [-0.25, -0.2) is 13.6 Å². The zero-order chi connectivity index (χ0) is 25.6. The Morgan fingerprint density at radius 3 is 2.18 bits per heavy atom. The quantitative estimate of drug-likeness (QED) is 0.443. The van der Waals surface area contributed by atoms with E-state index in [4.69, 9.17) is 10.9 Å². The second-order valence-electron chi connectivity index (χ2n) is 6.58. The van der Waals surface area contributed by atoms with Crippen LogP contribution in [0, 0.1) is 6.92 Å². The topological polar surface area (TPSA) is 98.2 Å². The molecule has 0 aliphatic carbocycles. The van der Waals surface area contributed by atoms with E-state index in [0.717, 1.165) is 33.5 Å². The highest BCUT2D eigenvalue weighted by Crippen LogP contribution is 2.29. The first kappa shape index (κ1) is 29.9. The minimum absolute atomic E-state index is 0.0625. The van der Waals surface area contributed by atoms with Gasteiger partial charge in [0.05, 0.1) is 4.90 Å². The molecule has 0 aliphatic rings. The van der Waals surface area contributed by atoms with Crippen LogP contribution < -0.4 is 16.2 Å². The number of allylic oxidation sites excluding steroid dienone is 4. The van der Waals surface area contributed by atoms with Gasteiger partial charge >= 0.3 is 0 Å². The molecule has 6 heteroatoms. The molecule has 5 nitrogen and oxygen atoms in total. The summed E-state index contributed by atoms with van der Waals surface area (Å²) >= 11 is 0. The maximum atomic E-state index is 11.7. The van der Waals surface area contributed by atoms with Crippen molar-refractivity contribution in [2.45, 2.75) is 46.4 Å². The van der Waals surface area contributed by atoms with Gasteiger partial charge in [-0.1, -0.05) is 70.7 Å². The van der Waals surface area contributed by atoms with Crippen LogP contribution in [0.15, 0.2) is 77.9 Å². The fourth-order valence-electron chi connectivity index (χ4n) is 3.15. The average molecular weight is 470 g/mol. The maximum Gasteiger partial charge on any atom is 0.238 e. The van der Waals surface area contributed by atoms with Crippen molar-refractivity contribution in [3.63, 3.8) is 0 Å². The first-order valence-corrected chi connectivity index (χ1v) is 12.6. The van der Waals surface area contributed by atoms with Crippen LogP contribution in [0.4, 0.5) is 0 Å². The van der Waals surface area contributed by atoms with E-state index in [1.54, 1.807) is 19.2 Å². The summed E-state index contributed by atoms with van der Waals surface area (Å²) in [7, 11) is -2.00. The lowest BCUT2D eigenvalue weighted by Crippen LogP contribution is -2.13. The maximum absolute atomic E-state index is 11.7. The van der Waals surface area contributed by atoms with E-state index in [0.29, 0.717) is 5.56 Å². The fourth-order valence-corrected chi connectivity index (χ4v) is 3.71. The monoisotopic (exact) mass is 469 g/mol. The number of primary sulfonamides is 1. The number of sulfonamides is 1. The number of aryl methyl sites for hydroxylation is 1. The Balaban J connectivity index is 0.00000242. The van der Waals surface area contributed by atoms with Gasteiger partial charge in [-0.2, -0.15) is 0 Å². The number of hydrogen-bond acceptors (Lipinski definition) is 4. The molecule has 0 radical (unpaired) electrons. The standard InChI is InChI=1S/C23H27N3O2S.2C2H6/c1-5-20-16(2)8-6-11-22(20)21(12-13-24)17(3)14-23(26-4)18-9-7-10-19(15-18)29(25,27)28;2*1-2/h5-15,26H,1,24H2,2-4H3,(H2,25,27,28);2*1-2H3/b13-12-,21-17-,23-14-;;. The van der Waals surface area contributed by atoms with E-state index in [1.807, 2.05) is 84.0 Å². The largest absolute Gasteiger partial charge is 0.405 e. The van der Waals surface area contributed by atoms with Crippen LogP contribution in [0.3, 0.4) is 0 Å². The summed E-state index contributed by atoms with van der Waals surface area (Å²) in [5.41, 5.74) is 12.3. The van der Waals surface area contributed by atoms with Gasteiger partial charge in [0, 0.05) is 12.7 Å². The normalized spacial score (nSPS) is 12.1. The third kappa shape index (κ3) is 8.40.